The van der Waals surface area contributed by atoms with E-state index in [2.05, 4.69) is 0 Å². The second-order valence-electron chi connectivity index (χ2n) is 2.21. The largest absolute Gasteiger partial charge is 0.394 e. The summed E-state index contributed by atoms with van der Waals surface area (Å²) in [7, 11) is 0. The van der Waals surface area contributed by atoms with Gasteiger partial charge in [0.15, 0.2) is 0 Å². The topological polar surface area (TPSA) is 48.0 Å². The van der Waals surface area contributed by atoms with Gasteiger partial charge in [0.25, 0.3) is 5.91 Å². The van der Waals surface area contributed by atoms with Gasteiger partial charge in [0.1, 0.15) is 5.70 Å². The lowest BCUT2D eigenvalue weighted by atomic mass is 10.4. The molecule has 0 aliphatic carbocycles. The van der Waals surface area contributed by atoms with E-state index in [1.807, 2.05) is 12.1 Å². The summed E-state index contributed by atoms with van der Waals surface area (Å²) >= 11 is 0. The Balaban J connectivity index is 2.68. The molecule has 50 valence electrons. The maximum atomic E-state index is 11.0. The molecule has 0 radical (unpaired) electrons. The Kier molecular flexibility index (Phi) is 0.795. The summed E-state index contributed by atoms with van der Waals surface area (Å²) < 4.78 is 1.52. The molecule has 2 rings (SSSR count). The monoisotopic (exact) mass is 134 g/mol. The maximum Gasteiger partial charge on any atom is 0.278 e. The Bertz CT molecular complexity index is 322. The molecule has 1 aliphatic rings. The van der Waals surface area contributed by atoms with Gasteiger partial charge in [0.05, 0.1) is 5.69 Å². The molecule has 2 heterocycles. The smallest absolute Gasteiger partial charge is 0.278 e. The van der Waals surface area contributed by atoms with Gasteiger partial charge in [-0.2, -0.15) is 0 Å². The van der Waals surface area contributed by atoms with E-state index in [-0.39, 0.29) is 5.91 Å². The molecular weight excluding hydrogens is 128 g/mol. The van der Waals surface area contributed by atoms with Crippen LogP contribution < -0.4 is 5.73 Å². The fourth-order valence-electron chi connectivity index (χ4n) is 1.06. The molecule has 3 nitrogen and oxygen atoms in total. The molecule has 0 aromatic carbocycles. The minimum atomic E-state index is -0.125. The molecule has 0 saturated carbocycles. The van der Waals surface area contributed by atoms with Crippen molar-refractivity contribution >= 4 is 12.0 Å². The van der Waals surface area contributed by atoms with E-state index in [1.165, 1.54) is 4.57 Å². The van der Waals surface area contributed by atoms with Crippen LogP contribution in [0.1, 0.15) is 10.5 Å². The van der Waals surface area contributed by atoms with Crippen molar-refractivity contribution in [2.45, 2.75) is 0 Å². The van der Waals surface area contributed by atoms with Crippen molar-refractivity contribution in [1.29, 1.82) is 0 Å². The molecule has 3 heteroatoms. The third-order valence-corrected chi connectivity index (χ3v) is 1.55. The highest BCUT2D eigenvalue weighted by Crippen LogP contribution is 2.14. The standard InChI is InChI=1S/C7H6N2O/c8-6-4-5-2-1-3-9(5)7(6)10/h1-4H,8H2. The predicted octanol–water partition coefficient (Wildman–Crippen LogP) is 0.442. The summed E-state index contributed by atoms with van der Waals surface area (Å²) in [6.45, 7) is 0. The summed E-state index contributed by atoms with van der Waals surface area (Å²) in [6, 6.07) is 3.66. The number of fused-ring (bicyclic) bond motifs is 1. The molecular formula is C7H6N2O. The minimum absolute atomic E-state index is 0.125. The summed E-state index contributed by atoms with van der Waals surface area (Å²) in [5.41, 5.74) is 6.54. The molecule has 0 fully saturated rings. The van der Waals surface area contributed by atoms with Crippen molar-refractivity contribution in [1.82, 2.24) is 4.57 Å². The van der Waals surface area contributed by atoms with Crippen molar-refractivity contribution in [3.05, 3.63) is 29.7 Å². The first-order valence-corrected chi connectivity index (χ1v) is 2.98. The van der Waals surface area contributed by atoms with E-state index < -0.39 is 0 Å². The fourth-order valence-corrected chi connectivity index (χ4v) is 1.06. The molecule has 1 aliphatic heterocycles. The van der Waals surface area contributed by atoms with Crippen molar-refractivity contribution in [2.24, 2.45) is 5.73 Å². The quantitative estimate of drug-likeness (QED) is 0.559. The first-order valence-electron chi connectivity index (χ1n) is 2.98. The molecule has 0 spiro atoms. The number of hydrogen-bond acceptors (Lipinski definition) is 2. The number of rotatable bonds is 0. The Labute approximate surface area is 57.8 Å². The van der Waals surface area contributed by atoms with Crippen LogP contribution in [0.3, 0.4) is 0 Å². The van der Waals surface area contributed by atoms with Crippen LogP contribution in [-0.4, -0.2) is 10.5 Å². The second-order valence-corrected chi connectivity index (χ2v) is 2.21. The van der Waals surface area contributed by atoms with E-state index in [1.54, 1.807) is 12.3 Å². The molecule has 2 N–H and O–H groups in total. The average molecular weight is 134 g/mol. The minimum Gasteiger partial charge on any atom is -0.394 e. The number of carbonyl (C=O) groups is 1. The van der Waals surface area contributed by atoms with Crippen LogP contribution in [-0.2, 0) is 0 Å². The van der Waals surface area contributed by atoms with Crippen LogP contribution in [0.15, 0.2) is 24.0 Å². The van der Waals surface area contributed by atoms with E-state index in [0.29, 0.717) is 5.70 Å². The molecule has 1 aromatic rings. The summed E-state index contributed by atoms with van der Waals surface area (Å²) in [4.78, 5) is 11.0. The molecule has 0 amide bonds. The predicted molar refractivity (Wildman–Crippen MR) is 37.2 cm³/mol. The Hall–Kier alpha value is -1.51. The van der Waals surface area contributed by atoms with Gasteiger partial charge in [0, 0.05) is 6.20 Å². The lowest BCUT2D eigenvalue weighted by molar-refractivity contribution is 0.0960. The zero-order chi connectivity index (χ0) is 7.14. The number of nitrogens with two attached hydrogens (primary N) is 1. The number of hydrogen-bond donors (Lipinski definition) is 1. The van der Waals surface area contributed by atoms with Gasteiger partial charge in [0.2, 0.25) is 0 Å². The summed E-state index contributed by atoms with van der Waals surface area (Å²) in [6.07, 6.45) is 3.37. The van der Waals surface area contributed by atoms with Gasteiger partial charge in [-0.15, -0.1) is 0 Å². The number of allylic oxidation sites excluding steroid dienone is 1. The van der Waals surface area contributed by atoms with Gasteiger partial charge in [-0.05, 0) is 18.2 Å². The van der Waals surface area contributed by atoms with Crippen LogP contribution in [0.25, 0.3) is 6.08 Å². The van der Waals surface area contributed by atoms with Crippen LogP contribution in [0, 0.1) is 0 Å². The van der Waals surface area contributed by atoms with Gasteiger partial charge < -0.3 is 5.73 Å². The Morgan fingerprint density at radius 1 is 1.50 bits per heavy atom. The van der Waals surface area contributed by atoms with Crippen molar-refractivity contribution in [3.63, 3.8) is 0 Å². The summed E-state index contributed by atoms with van der Waals surface area (Å²) in [5.74, 6) is -0.125. The average Bonchev–Trinajstić information content (AvgIpc) is 2.41. The Morgan fingerprint density at radius 2 is 2.30 bits per heavy atom. The maximum absolute atomic E-state index is 11.0. The van der Waals surface area contributed by atoms with E-state index >= 15 is 0 Å². The van der Waals surface area contributed by atoms with Gasteiger partial charge in [-0.3, -0.25) is 9.36 Å². The molecule has 10 heavy (non-hydrogen) atoms. The lowest BCUT2D eigenvalue weighted by Crippen LogP contribution is -2.12. The van der Waals surface area contributed by atoms with Gasteiger partial charge in [-0.25, -0.2) is 0 Å². The van der Waals surface area contributed by atoms with Crippen LogP contribution in [0.4, 0.5) is 0 Å². The van der Waals surface area contributed by atoms with Crippen molar-refractivity contribution < 1.29 is 4.79 Å². The fraction of sp³-hybridized carbons (Fsp3) is 0. The molecule has 0 saturated heterocycles. The highest BCUT2D eigenvalue weighted by molar-refractivity contribution is 6.03. The third kappa shape index (κ3) is 0.466. The Morgan fingerprint density at radius 3 is 3.00 bits per heavy atom. The molecule has 0 bridgehead atoms. The first-order chi connectivity index (χ1) is 4.79. The second kappa shape index (κ2) is 1.50. The van der Waals surface area contributed by atoms with Crippen molar-refractivity contribution in [3.8, 4) is 0 Å². The van der Waals surface area contributed by atoms with Crippen LogP contribution in [0.5, 0.6) is 0 Å². The lowest BCUT2D eigenvalue weighted by Gasteiger charge is -1.92. The highest BCUT2D eigenvalue weighted by atomic mass is 16.2. The SMILES string of the molecule is NC1=Cc2cccn2C1=O. The van der Waals surface area contributed by atoms with Crippen LogP contribution >= 0.6 is 0 Å². The van der Waals surface area contributed by atoms with Gasteiger partial charge in [-0.1, -0.05) is 0 Å². The van der Waals surface area contributed by atoms with Crippen LogP contribution in [0.2, 0.25) is 0 Å². The first kappa shape index (κ1) is 5.29. The van der Waals surface area contributed by atoms with E-state index in [4.69, 9.17) is 5.73 Å². The number of nitrogens with zero attached hydrogens (tertiary/aromatic N) is 1. The highest BCUT2D eigenvalue weighted by Gasteiger charge is 2.17. The zero-order valence-corrected chi connectivity index (χ0v) is 5.24. The number of carbonyl (C=O) groups excluding carboxylic acids is 1. The van der Waals surface area contributed by atoms with E-state index in [9.17, 15) is 4.79 Å². The van der Waals surface area contributed by atoms with Crippen molar-refractivity contribution in [2.75, 3.05) is 0 Å². The zero-order valence-electron chi connectivity index (χ0n) is 5.24. The molecule has 1 aromatic heterocycles. The normalized spacial score (nSPS) is 15.2. The molecule has 0 atom stereocenters. The van der Waals surface area contributed by atoms with Gasteiger partial charge >= 0.3 is 0 Å². The number of aromatic nitrogens is 1. The summed E-state index contributed by atoms with van der Waals surface area (Å²) in [5, 5.41) is 0. The van der Waals surface area contributed by atoms with E-state index in [0.717, 1.165) is 5.69 Å². The molecule has 0 unspecified atom stereocenters. The third-order valence-electron chi connectivity index (χ3n) is 1.55.